The second-order valence-corrected chi connectivity index (χ2v) is 10.4. The molecular weight excluding hydrogens is 629 g/mol. The summed E-state index contributed by atoms with van der Waals surface area (Å²) >= 11 is 12.5. The van der Waals surface area contributed by atoms with Crippen molar-refractivity contribution in [1.82, 2.24) is 20.0 Å². The number of carbonyl (C=O) groups is 2. The van der Waals surface area contributed by atoms with E-state index in [1.54, 1.807) is 35.1 Å². The van der Waals surface area contributed by atoms with E-state index in [9.17, 15) is 22.4 Å². The molecule has 1 aromatic heterocycles. The third kappa shape index (κ3) is 8.82. The summed E-state index contributed by atoms with van der Waals surface area (Å²) in [7, 11) is 0. The van der Waals surface area contributed by atoms with E-state index in [0.717, 1.165) is 55.9 Å². The quantitative estimate of drug-likeness (QED) is 0.151. The van der Waals surface area contributed by atoms with Crippen LogP contribution in [-0.2, 0) is 9.53 Å². The van der Waals surface area contributed by atoms with Crippen LogP contribution in [0.2, 0.25) is 10.0 Å². The maximum Gasteiger partial charge on any atom is 0.490 e. The van der Waals surface area contributed by atoms with Crippen LogP contribution >= 0.6 is 23.2 Å². The number of benzene rings is 3. The maximum absolute atomic E-state index is 14.5. The molecule has 1 fully saturated rings. The minimum Gasteiger partial charge on any atom is -0.475 e. The Balaban J connectivity index is 0.000000566. The fraction of sp³-hybridized carbons (Fsp3) is 0.276. The first-order valence-corrected chi connectivity index (χ1v) is 14.1. The van der Waals surface area contributed by atoms with E-state index in [1.165, 1.54) is 12.1 Å². The van der Waals surface area contributed by atoms with Gasteiger partial charge >= 0.3 is 12.1 Å². The Hall–Kier alpha value is -3.91. The van der Waals surface area contributed by atoms with Gasteiger partial charge in [0, 0.05) is 36.3 Å². The fourth-order valence-electron chi connectivity index (χ4n) is 4.34. The molecule has 0 aliphatic carbocycles. The molecule has 3 N–H and O–H groups in total. The molecule has 1 aliphatic heterocycles. The van der Waals surface area contributed by atoms with Crippen molar-refractivity contribution >= 4 is 57.4 Å². The van der Waals surface area contributed by atoms with Crippen LogP contribution in [0.3, 0.4) is 0 Å². The number of ether oxygens (including phenoxy) is 1. The Morgan fingerprint density at radius 2 is 1.70 bits per heavy atom. The molecule has 0 atom stereocenters. The lowest BCUT2D eigenvalue weighted by atomic mass is 10.1. The van der Waals surface area contributed by atoms with Gasteiger partial charge in [0.05, 0.1) is 46.3 Å². The van der Waals surface area contributed by atoms with Crippen LogP contribution in [0.25, 0.3) is 16.6 Å². The van der Waals surface area contributed by atoms with Crippen molar-refractivity contribution in [2.24, 2.45) is 0 Å². The van der Waals surface area contributed by atoms with E-state index in [1.807, 2.05) is 18.2 Å². The van der Waals surface area contributed by atoms with Gasteiger partial charge in [0.15, 0.2) is 0 Å². The number of carbonyl (C=O) groups excluding carboxylic acids is 1. The molecular formula is C29H27Cl2F4N5O4. The summed E-state index contributed by atoms with van der Waals surface area (Å²) in [5, 5.41) is 19.5. The van der Waals surface area contributed by atoms with Crippen LogP contribution in [0.15, 0.2) is 60.8 Å². The molecule has 1 amide bonds. The van der Waals surface area contributed by atoms with Crippen molar-refractivity contribution in [3.05, 3.63) is 82.2 Å². The number of aromatic nitrogens is 2. The van der Waals surface area contributed by atoms with Gasteiger partial charge in [-0.15, -0.1) is 0 Å². The molecule has 15 heteroatoms. The molecule has 0 unspecified atom stereocenters. The number of morpholine rings is 1. The smallest absolute Gasteiger partial charge is 0.475 e. The van der Waals surface area contributed by atoms with E-state index in [2.05, 4.69) is 20.6 Å². The molecule has 1 aliphatic rings. The van der Waals surface area contributed by atoms with Gasteiger partial charge in [0.25, 0.3) is 5.91 Å². The topological polar surface area (TPSA) is 109 Å². The Bertz CT molecular complexity index is 1610. The lowest BCUT2D eigenvalue weighted by Crippen LogP contribution is -2.38. The van der Waals surface area contributed by atoms with Gasteiger partial charge in [-0.2, -0.15) is 18.3 Å². The summed E-state index contributed by atoms with van der Waals surface area (Å²) in [6, 6.07) is 15.2. The van der Waals surface area contributed by atoms with Crippen LogP contribution in [0.4, 0.5) is 28.9 Å². The van der Waals surface area contributed by atoms with Crippen molar-refractivity contribution in [3.63, 3.8) is 0 Å². The number of aliphatic carboxylic acids is 1. The highest BCUT2D eigenvalue weighted by atomic mass is 35.5. The molecule has 0 radical (unpaired) electrons. The monoisotopic (exact) mass is 655 g/mol. The number of anilines is 2. The number of para-hydroxylation sites is 1. The number of carboxylic acids is 1. The Labute approximate surface area is 259 Å². The number of fused-ring (bicyclic) bond motifs is 1. The standard InChI is InChI=1S/C27H26Cl2FN5O2.C2HF3O2/c28-23-3-1-4-24(29)26(23)33-21-5-6-25-19(14-21)17-32-35(25)22-15-18(13-20(30)16-22)27(36)31-7-2-8-34-9-11-37-12-10-34;3-2(4,5)1(6)7/h1,3-6,13-17,33H,2,7-12H2,(H,31,36);(H,6,7). The average molecular weight is 656 g/mol. The van der Waals surface area contributed by atoms with E-state index in [4.69, 9.17) is 37.8 Å². The van der Waals surface area contributed by atoms with Crippen molar-refractivity contribution in [1.29, 1.82) is 0 Å². The molecule has 3 aromatic carbocycles. The molecule has 4 aromatic rings. The van der Waals surface area contributed by atoms with Crippen LogP contribution in [0, 0.1) is 5.82 Å². The highest BCUT2D eigenvalue weighted by Crippen LogP contribution is 2.33. The maximum atomic E-state index is 14.5. The number of hydrogen-bond acceptors (Lipinski definition) is 6. The predicted octanol–water partition coefficient (Wildman–Crippen LogP) is 6.30. The first-order chi connectivity index (χ1) is 20.9. The minimum absolute atomic E-state index is 0.247. The number of rotatable bonds is 8. The Morgan fingerprint density at radius 3 is 2.36 bits per heavy atom. The van der Waals surface area contributed by atoms with Crippen LogP contribution < -0.4 is 10.6 Å². The predicted molar refractivity (Wildman–Crippen MR) is 159 cm³/mol. The number of carboxylic acid groups (broad SMARTS) is 1. The number of amides is 1. The molecule has 2 heterocycles. The SMILES string of the molecule is O=C(NCCCN1CCOCC1)c1cc(F)cc(-n2ncc3cc(Nc4c(Cl)cccc4Cl)ccc32)c1.O=C(O)C(F)(F)F. The van der Waals surface area contributed by atoms with Gasteiger partial charge < -0.3 is 20.5 Å². The van der Waals surface area contributed by atoms with Gasteiger partial charge in [0.2, 0.25) is 0 Å². The molecule has 234 valence electrons. The number of alkyl halides is 3. The van der Waals surface area contributed by atoms with Crippen molar-refractivity contribution in [2.45, 2.75) is 12.6 Å². The summed E-state index contributed by atoms with van der Waals surface area (Å²) in [4.78, 5) is 23.9. The second-order valence-electron chi connectivity index (χ2n) is 9.62. The normalized spacial score (nSPS) is 13.7. The van der Waals surface area contributed by atoms with E-state index < -0.39 is 18.0 Å². The van der Waals surface area contributed by atoms with Gasteiger partial charge in [-0.1, -0.05) is 29.3 Å². The summed E-state index contributed by atoms with van der Waals surface area (Å²) in [6.07, 6.45) is -2.58. The Morgan fingerprint density at radius 1 is 1.02 bits per heavy atom. The molecule has 44 heavy (non-hydrogen) atoms. The first-order valence-electron chi connectivity index (χ1n) is 13.3. The van der Waals surface area contributed by atoms with Crippen LogP contribution in [-0.4, -0.2) is 77.2 Å². The van der Waals surface area contributed by atoms with E-state index in [0.29, 0.717) is 28.0 Å². The van der Waals surface area contributed by atoms with Gasteiger partial charge in [0.1, 0.15) is 5.82 Å². The highest BCUT2D eigenvalue weighted by Gasteiger charge is 2.38. The van der Waals surface area contributed by atoms with Gasteiger partial charge in [-0.05, 0) is 61.5 Å². The van der Waals surface area contributed by atoms with Crippen LogP contribution in [0.1, 0.15) is 16.8 Å². The largest absolute Gasteiger partial charge is 0.490 e. The molecule has 1 saturated heterocycles. The number of halogens is 6. The summed E-state index contributed by atoms with van der Waals surface area (Å²) in [6.45, 7) is 4.70. The molecule has 5 rings (SSSR count). The summed E-state index contributed by atoms with van der Waals surface area (Å²) < 4.78 is 53.2. The van der Waals surface area contributed by atoms with Gasteiger partial charge in [-0.25, -0.2) is 13.9 Å². The summed E-state index contributed by atoms with van der Waals surface area (Å²) in [5.74, 6) is -3.58. The van der Waals surface area contributed by atoms with Crippen LogP contribution in [0.5, 0.6) is 0 Å². The number of hydrogen-bond donors (Lipinski definition) is 3. The number of nitrogens with zero attached hydrogens (tertiary/aromatic N) is 3. The highest BCUT2D eigenvalue weighted by molar-refractivity contribution is 6.39. The van der Waals surface area contributed by atoms with Crippen molar-refractivity contribution < 1.29 is 37.0 Å². The summed E-state index contributed by atoms with van der Waals surface area (Å²) in [5.41, 5.74) is 2.86. The average Bonchev–Trinajstić information content (AvgIpc) is 3.41. The van der Waals surface area contributed by atoms with Crippen molar-refractivity contribution in [2.75, 3.05) is 44.7 Å². The zero-order chi connectivity index (χ0) is 31.9. The van der Waals surface area contributed by atoms with E-state index >= 15 is 0 Å². The first kappa shape index (κ1) is 33.0. The molecule has 0 spiro atoms. The minimum atomic E-state index is -5.08. The van der Waals surface area contributed by atoms with Gasteiger partial charge in [-0.3, -0.25) is 9.69 Å². The number of nitrogens with one attached hydrogen (secondary N) is 2. The zero-order valence-electron chi connectivity index (χ0n) is 23.0. The fourth-order valence-corrected chi connectivity index (χ4v) is 4.83. The zero-order valence-corrected chi connectivity index (χ0v) is 24.5. The second kappa shape index (κ2) is 14.7. The third-order valence-corrected chi connectivity index (χ3v) is 7.10. The van der Waals surface area contributed by atoms with E-state index in [-0.39, 0.29) is 11.5 Å². The van der Waals surface area contributed by atoms with Crippen molar-refractivity contribution in [3.8, 4) is 5.69 Å². The lowest BCUT2D eigenvalue weighted by Gasteiger charge is -2.26. The molecule has 0 bridgehead atoms. The molecule has 9 nitrogen and oxygen atoms in total. The Kier molecular flexibility index (Phi) is 11.0. The third-order valence-electron chi connectivity index (χ3n) is 6.47. The molecule has 0 saturated carbocycles. The lowest BCUT2D eigenvalue weighted by molar-refractivity contribution is -0.192.